The maximum Gasteiger partial charge on any atom is 0.158 e. The fraction of sp³-hybridized carbons (Fsp3) is 0.133. The lowest BCUT2D eigenvalue weighted by Crippen LogP contribution is -2.08. The third kappa shape index (κ3) is 3.25. The third-order valence-corrected chi connectivity index (χ3v) is 2.78. The van der Waals surface area contributed by atoms with E-state index in [2.05, 4.69) is 10.2 Å². The van der Waals surface area contributed by atoms with Crippen LogP contribution < -0.4 is 5.01 Å². The van der Waals surface area contributed by atoms with Gasteiger partial charge in [0.15, 0.2) is 6.34 Å². The van der Waals surface area contributed by atoms with Gasteiger partial charge in [0.25, 0.3) is 0 Å². The molecule has 0 unspecified atom stereocenters. The molecular formula is C15H16N4. The molecule has 0 heterocycles. The van der Waals surface area contributed by atoms with Gasteiger partial charge in [-0.1, -0.05) is 35.4 Å². The van der Waals surface area contributed by atoms with Crippen LogP contribution in [-0.2, 0) is 0 Å². The van der Waals surface area contributed by atoms with Gasteiger partial charge in [0.2, 0.25) is 0 Å². The first-order valence-electron chi connectivity index (χ1n) is 6.03. The van der Waals surface area contributed by atoms with Crippen LogP contribution in [0.2, 0.25) is 0 Å². The van der Waals surface area contributed by atoms with Crippen LogP contribution in [0.15, 0.2) is 58.7 Å². The minimum absolute atomic E-state index is 0.939. The van der Waals surface area contributed by atoms with Gasteiger partial charge in [-0.05, 0) is 38.1 Å². The maximum absolute atomic E-state index is 6.84. The van der Waals surface area contributed by atoms with Gasteiger partial charge in [0, 0.05) is 0 Å². The van der Waals surface area contributed by atoms with Crippen LogP contribution >= 0.6 is 0 Å². The number of nitrogens with zero attached hydrogens (tertiary/aromatic N) is 3. The standard InChI is InChI=1S/C15H16N4/c1-12-3-7-14(8-4-12)19(18-11-17-16)15-9-5-13(2)6-10-15/h3-11,16H,1-2H3. The number of rotatable bonds is 4. The zero-order valence-electron chi connectivity index (χ0n) is 11.0. The Morgan fingerprint density at radius 3 is 1.63 bits per heavy atom. The second kappa shape index (κ2) is 5.91. The number of hydrogen-bond donors (Lipinski definition) is 1. The van der Waals surface area contributed by atoms with Crippen molar-refractivity contribution in [1.82, 2.24) is 0 Å². The molecule has 0 spiro atoms. The summed E-state index contributed by atoms with van der Waals surface area (Å²) < 4.78 is 0. The number of benzene rings is 2. The van der Waals surface area contributed by atoms with Crippen molar-refractivity contribution in [3.63, 3.8) is 0 Å². The van der Waals surface area contributed by atoms with Crippen molar-refractivity contribution in [1.29, 1.82) is 5.53 Å². The molecule has 0 saturated carbocycles. The Morgan fingerprint density at radius 1 is 0.842 bits per heavy atom. The first-order valence-corrected chi connectivity index (χ1v) is 6.03. The van der Waals surface area contributed by atoms with E-state index in [1.54, 1.807) is 5.01 Å². The summed E-state index contributed by atoms with van der Waals surface area (Å²) in [7, 11) is 0. The quantitative estimate of drug-likeness (QED) is 0.372. The molecule has 96 valence electrons. The average molecular weight is 252 g/mol. The van der Waals surface area contributed by atoms with Crippen LogP contribution in [0.25, 0.3) is 0 Å². The van der Waals surface area contributed by atoms with Crippen molar-refractivity contribution >= 4 is 17.7 Å². The minimum Gasteiger partial charge on any atom is -0.232 e. The van der Waals surface area contributed by atoms with Crippen LogP contribution in [0.1, 0.15) is 11.1 Å². The summed E-state index contributed by atoms with van der Waals surface area (Å²) in [6.07, 6.45) is 1.22. The maximum atomic E-state index is 6.84. The zero-order chi connectivity index (χ0) is 13.7. The smallest absolute Gasteiger partial charge is 0.158 e. The van der Waals surface area contributed by atoms with Crippen molar-refractivity contribution in [3.8, 4) is 0 Å². The minimum atomic E-state index is 0.939. The molecule has 0 aliphatic carbocycles. The van der Waals surface area contributed by atoms with E-state index in [4.69, 9.17) is 5.53 Å². The van der Waals surface area contributed by atoms with Crippen molar-refractivity contribution in [2.24, 2.45) is 10.2 Å². The first-order chi connectivity index (χ1) is 9.20. The number of nitrogens with one attached hydrogen (secondary N) is 1. The molecule has 4 heteroatoms. The monoisotopic (exact) mass is 252 g/mol. The van der Waals surface area contributed by atoms with Gasteiger partial charge in [-0.2, -0.15) is 5.10 Å². The lowest BCUT2D eigenvalue weighted by Gasteiger charge is -2.19. The normalized spacial score (nSPS) is 10.6. The summed E-state index contributed by atoms with van der Waals surface area (Å²) in [5.41, 5.74) is 11.1. The van der Waals surface area contributed by atoms with E-state index in [1.165, 1.54) is 17.5 Å². The second-order valence-electron chi connectivity index (χ2n) is 4.34. The van der Waals surface area contributed by atoms with E-state index in [1.807, 2.05) is 62.4 Å². The molecule has 0 aromatic heterocycles. The zero-order valence-corrected chi connectivity index (χ0v) is 11.0. The van der Waals surface area contributed by atoms with Gasteiger partial charge in [-0.25, -0.2) is 10.5 Å². The average Bonchev–Trinajstić information content (AvgIpc) is 2.43. The topological polar surface area (TPSA) is 51.8 Å². The van der Waals surface area contributed by atoms with E-state index >= 15 is 0 Å². The van der Waals surface area contributed by atoms with Gasteiger partial charge < -0.3 is 0 Å². The summed E-state index contributed by atoms with van der Waals surface area (Å²) in [5, 5.41) is 9.14. The van der Waals surface area contributed by atoms with Crippen molar-refractivity contribution in [3.05, 3.63) is 59.7 Å². The Kier molecular flexibility index (Phi) is 4.03. The van der Waals surface area contributed by atoms with Crippen LogP contribution in [0.3, 0.4) is 0 Å². The van der Waals surface area contributed by atoms with Crippen LogP contribution in [0.5, 0.6) is 0 Å². The molecular weight excluding hydrogens is 236 g/mol. The van der Waals surface area contributed by atoms with E-state index in [-0.39, 0.29) is 0 Å². The molecule has 0 atom stereocenters. The molecule has 1 N–H and O–H groups in total. The largest absolute Gasteiger partial charge is 0.232 e. The molecule has 0 bridgehead atoms. The van der Waals surface area contributed by atoms with Crippen LogP contribution in [0.4, 0.5) is 11.4 Å². The molecule has 0 aliphatic heterocycles. The SMILES string of the molecule is Cc1ccc(N(N=CN=N)c2ccc(C)cc2)cc1. The van der Waals surface area contributed by atoms with Crippen molar-refractivity contribution in [2.75, 3.05) is 5.01 Å². The van der Waals surface area contributed by atoms with Crippen LogP contribution in [-0.4, -0.2) is 6.34 Å². The summed E-state index contributed by atoms with van der Waals surface area (Å²) >= 11 is 0. The highest BCUT2D eigenvalue weighted by atomic mass is 15.5. The molecule has 4 nitrogen and oxygen atoms in total. The fourth-order valence-corrected chi connectivity index (χ4v) is 1.73. The second-order valence-corrected chi connectivity index (χ2v) is 4.34. The van der Waals surface area contributed by atoms with E-state index in [0.717, 1.165) is 11.4 Å². The predicted molar refractivity (Wildman–Crippen MR) is 78.1 cm³/mol. The van der Waals surface area contributed by atoms with Gasteiger partial charge in [-0.3, -0.25) is 0 Å². The predicted octanol–water partition coefficient (Wildman–Crippen LogP) is 4.42. The highest BCUT2D eigenvalue weighted by Gasteiger charge is 2.07. The highest BCUT2D eigenvalue weighted by molar-refractivity contribution is 5.67. The van der Waals surface area contributed by atoms with Gasteiger partial charge in [0.05, 0.1) is 11.4 Å². The molecule has 0 fully saturated rings. The molecule has 2 aromatic carbocycles. The van der Waals surface area contributed by atoms with Crippen molar-refractivity contribution < 1.29 is 0 Å². The van der Waals surface area contributed by atoms with Gasteiger partial charge in [-0.15, -0.1) is 5.11 Å². The third-order valence-electron chi connectivity index (χ3n) is 2.78. The summed E-state index contributed by atoms with van der Waals surface area (Å²) in [4.78, 5) is 0. The number of aryl methyl sites for hydroxylation is 2. The van der Waals surface area contributed by atoms with Crippen LogP contribution in [0, 0.1) is 19.4 Å². The molecule has 2 aromatic rings. The number of anilines is 2. The Hall–Kier alpha value is -2.49. The summed E-state index contributed by atoms with van der Waals surface area (Å²) in [6.45, 7) is 4.09. The lowest BCUT2D eigenvalue weighted by molar-refractivity contribution is 1.07. The van der Waals surface area contributed by atoms with E-state index < -0.39 is 0 Å². The molecule has 0 radical (unpaired) electrons. The number of hydrogen-bond acceptors (Lipinski definition) is 3. The summed E-state index contributed by atoms with van der Waals surface area (Å²) in [6, 6.07) is 16.1. The molecule has 0 aliphatic rings. The summed E-state index contributed by atoms with van der Waals surface area (Å²) in [5.74, 6) is 0. The van der Waals surface area contributed by atoms with Gasteiger partial charge >= 0.3 is 0 Å². The molecule has 0 amide bonds. The van der Waals surface area contributed by atoms with Crippen molar-refractivity contribution in [2.45, 2.75) is 13.8 Å². The molecule has 0 saturated heterocycles. The molecule has 2 rings (SSSR count). The first kappa shape index (κ1) is 13.0. The Morgan fingerprint density at radius 2 is 1.26 bits per heavy atom. The fourth-order valence-electron chi connectivity index (χ4n) is 1.73. The van der Waals surface area contributed by atoms with E-state index in [0.29, 0.717) is 0 Å². The molecule has 19 heavy (non-hydrogen) atoms. The Labute approximate surface area is 112 Å². The Bertz CT molecular complexity index is 525. The number of hydrazone groups is 1. The van der Waals surface area contributed by atoms with E-state index in [9.17, 15) is 0 Å². The Balaban J connectivity index is 2.40. The van der Waals surface area contributed by atoms with Gasteiger partial charge in [0.1, 0.15) is 0 Å². The lowest BCUT2D eigenvalue weighted by atomic mass is 10.2. The highest BCUT2D eigenvalue weighted by Crippen LogP contribution is 2.26.